The van der Waals surface area contributed by atoms with Crippen molar-refractivity contribution in [3.8, 4) is 22.3 Å². The van der Waals surface area contributed by atoms with Gasteiger partial charge >= 0.3 is 0 Å². The maximum absolute atomic E-state index is 2.44. The van der Waals surface area contributed by atoms with Gasteiger partial charge < -0.3 is 0 Å². The first-order valence-electron chi connectivity index (χ1n) is 17.8. The summed E-state index contributed by atoms with van der Waals surface area (Å²) in [4.78, 5) is 0. The Kier molecular flexibility index (Phi) is 5.90. The highest BCUT2D eigenvalue weighted by Crippen LogP contribution is 2.50. The zero-order chi connectivity index (χ0) is 33.9. The monoisotopic (exact) mass is 692 g/mol. The molecular formula is C50H28S2. The lowest BCUT2D eigenvalue weighted by molar-refractivity contribution is 1.72. The van der Waals surface area contributed by atoms with E-state index in [1.54, 1.807) is 0 Å². The molecule has 12 aromatic rings. The van der Waals surface area contributed by atoms with Crippen molar-refractivity contribution < 1.29 is 0 Å². The third-order valence-corrected chi connectivity index (χ3v) is 13.7. The van der Waals surface area contributed by atoms with Gasteiger partial charge in [-0.15, -0.1) is 22.7 Å². The molecule has 2 aromatic heterocycles. The van der Waals surface area contributed by atoms with Gasteiger partial charge in [-0.25, -0.2) is 0 Å². The van der Waals surface area contributed by atoms with Gasteiger partial charge in [0.25, 0.3) is 0 Å². The van der Waals surface area contributed by atoms with Gasteiger partial charge in [0.05, 0.1) is 9.40 Å². The molecular weight excluding hydrogens is 665 g/mol. The van der Waals surface area contributed by atoms with Crippen molar-refractivity contribution in [2.45, 2.75) is 0 Å². The van der Waals surface area contributed by atoms with Crippen LogP contribution in [0.25, 0.3) is 116 Å². The standard InChI is InChI=1S/C50H28S2/c1-3-13-33-29(11-1)25-43(37-17-7-5-15-35(33)37)31-21-23-41-45(27-31)51-49-47(41)39-19-9-10-20-40(39)48-42-24-22-32(28-46(42)52-50(48)49)44-26-30-12-2-4-14-34(30)36-16-6-8-18-38(36)44/h1-28H. The molecule has 0 N–H and O–H groups in total. The molecule has 240 valence electrons. The van der Waals surface area contributed by atoms with Gasteiger partial charge in [0.2, 0.25) is 0 Å². The Hall–Kier alpha value is -6.06. The summed E-state index contributed by atoms with van der Waals surface area (Å²) in [7, 11) is 0. The molecule has 0 radical (unpaired) electrons. The van der Waals surface area contributed by atoms with Crippen molar-refractivity contribution in [3.05, 3.63) is 170 Å². The fraction of sp³-hybridized carbons (Fsp3) is 0. The van der Waals surface area contributed by atoms with E-state index in [-0.39, 0.29) is 0 Å². The molecule has 12 rings (SSSR count). The van der Waals surface area contributed by atoms with Crippen LogP contribution in [-0.2, 0) is 0 Å². The molecule has 0 aliphatic heterocycles. The fourth-order valence-electron chi connectivity index (χ4n) is 8.89. The molecule has 0 bridgehead atoms. The Morgan fingerprint density at radius 2 is 0.635 bits per heavy atom. The molecule has 0 saturated carbocycles. The van der Waals surface area contributed by atoms with E-state index in [1.807, 2.05) is 22.7 Å². The van der Waals surface area contributed by atoms with E-state index in [4.69, 9.17) is 0 Å². The minimum atomic E-state index is 1.27. The quantitative estimate of drug-likeness (QED) is 0.158. The summed E-state index contributed by atoms with van der Waals surface area (Å²) in [5, 5.41) is 18.5. The molecule has 0 spiro atoms. The first-order valence-corrected chi connectivity index (χ1v) is 19.5. The summed E-state index contributed by atoms with van der Waals surface area (Å²) in [5.41, 5.74) is 5.12. The molecule has 0 aliphatic carbocycles. The zero-order valence-corrected chi connectivity index (χ0v) is 29.6. The summed E-state index contributed by atoms with van der Waals surface area (Å²) >= 11 is 3.91. The Labute approximate surface area is 307 Å². The van der Waals surface area contributed by atoms with Crippen LogP contribution < -0.4 is 0 Å². The SMILES string of the molecule is c1ccc2c(c1)cc(-c1ccc3c(c1)sc1c4sc5cc(-c6cc7ccccc7c7ccccc67)ccc5c4c4ccccc4c31)c1ccccc12. The summed E-state index contributed by atoms with van der Waals surface area (Å²) in [5.74, 6) is 0. The average molecular weight is 693 g/mol. The van der Waals surface area contributed by atoms with E-state index in [0.717, 1.165) is 0 Å². The van der Waals surface area contributed by atoms with E-state index < -0.39 is 0 Å². The lowest BCUT2D eigenvalue weighted by Gasteiger charge is -2.11. The summed E-state index contributed by atoms with van der Waals surface area (Å²) in [6.07, 6.45) is 0. The van der Waals surface area contributed by atoms with Crippen molar-refractivity contribution >= 4 is 117 Å². The van der Waals surface area contributed by atoms with Crippen LogP contribution in [0.5, 0.6) is 0 Å². The first-order chi connectivity index (χ1) is 25.8. The molecule has 2 heterocycles. The summed E-state index contributed by atoms with van der Waals surface area (Å²) in [6, 6.07) is 63.4. The largest absolute Gasteiger partial charge is 0.134 e. The summed E-state index contributed by atoms with van der Waals surface area (Å²) < 4.78 is 5.46. The zero-order valence-electron chi connectivity index (χ0n) is 28.0. The highest BCUT2D eigenvalue weighted by Gasteiger charge is 2.20. The van der Waals surface area contributed by atoms with E-state index in [9.17, 15) is 0 Å². The van der Waals surface area contributed by atoms with Crippen LogP contribution in [0.15, 0.2) is 170 Å². The lowest BCUT2D eigenvalue weighted by Crippen LogP contribution is -1.84. The van der Waals surface area contributed by atoms with Gasteiger partial charge in [0.15, 0.2) is 0 Å². The third kappa shape index (κ3) is 3.97. The van der Waals surface area contributed by atoms with E-state index >= 15 is 0 Å². The Bertz CT molecular complexity index is 3240. The van der Waals surface area contributed by atoms with E-state index in [0.29, 0.717) is 0 Å². The number of rotatable bonds is 2. The second kappa shape index (κ2) is 10.7. The average Bonchev–Trinajstić information content (AvgIpc) is 3.79. The van der Waals surface area contributed by atoms with Gasteiger partial charge in [0, 0.05) is 30.9 Å². The highest BCUT2D eigenvalue weighted by atomic mass is 32.1. The predicted molar refractivity (Wildman–Crippen MR) is 231 cm³/mol. The molecule has 0 fully saturated rings. The topological polar surface area (TPSA) is 0 Å². The van der Waals surface area contributed by atoms with Crippen LogP contribution in [0.3, 0.4) is 0 Å². The van der Waals surface area contributed by atoms with Gasteiger partial charge in [0.1, 0.15) is 0 Å². The van der Waals surface area contributed by atoms with Crippen molar-refractivity contribution in [2.75, 3.05) is 0 Å². The normalized spacial score (nSPS) is 12.2. The van der Waals surface area contributed by atoms with Crippen molar-refractivity contribution in [2.24, 2.45) is 0 Å². The minimum absolute atomic E-state index is 1.27. The molecule has 52 heavy (non-hydrogen) atoms. The smallest absolute Gasteiger partial charge is 0.0540 e. The number of fused-ring (bicyclic) bond motifs is 16. The molecule has 0 atom stereocenters. The maximum atomic E-state index is 2.44. The molecule has 0 saturated heterocycles. The van der Waals surface area contributed by atoms with Crippen molar-refractivity contribution in [3.63, 3.8) is 0 Å². The van der Waals surface area contributed by atoms with Gasteiger partial charge in [-0.2, -0.15) is 0 Å². The first kappa shape index (κ1) is 28.6. The van der Waals surface area contributed by atoms with Gasteiger partial charge in [-0.05, 0) is 100 Å². The molecule has 0 amide bonds. The van der Waals surface area contributed by atoms with Crippen LogP contribution in [0.2, 0.25) is 0 Å². The Morgan fingerprint density at radius 3 is 1.08 bits per heavy atom. The highest BCUT2D eigenvalue weighted by molar-refractivity contribution is 7.33. The second-order valence-electron chi connectivity index (χ2n) is 14.0. The Morgan fingerprint density at radius 1 is 0.269 bits per heavy atom. The number of benzene rings is 10. The van der Waals surface area contributed by atoms with E-state index in [2.05, 4.69) is 170 Å². The molecule has 0 nitrogen and oxygen atoms in total. The summed E-state index contributed by atoms with van der Waals surface area (Å²) in [6.45, 7) is 0. The van der Waals surface area contributed by atoms with Crippen LogP contribution in [-0.4, -0.2) is 0 Å². The van der Waals surface area contributed by atoms with E-state index in [1.165, 1.54) is 116 Å². The van der Waals surface area contributed by atoms with Crippen LogP contribution >= 0.6 is 22.7 Å². The molecule has 2 heteroatoms. The van der Waals surface area contributed by atoms with Gasteiger partial charge in [-0.1, -0.05) is 146 Å². The van der Waals surface area contributed by atoms with Crippen LogP contribution in [0, 0.1) is 0 Å². The Balaban J connectivity index is 1.12. The lowest BCUT2D eigenvalue weighted by atomic mass is 9.92. The number of hydrogen-bond acceptors (Lipinski definition) is 2. The van der Waals surface area contributed by atoms with Crippen LogP contribution in [0.4, 0.5) is 0 Å². The minimum Gasteiger partial charge on any atom is -0.134 e. The van der Waals surface area contributed by atoms with Gasteiger partial charge in [-0.3, -0.25) is 0 Å². The van der Waals surface area contributed by atoms with Crippen molar-refractivity contribution in [1.29, 1.82) is 0 Å². The molecule has 10 aromatic carbocycles. The molecule has 0 aliphatic rings. The third-order valence-electron chi connectivity index (χ3n) is 11.2. The second-order valence-corrected chi connectivity index (χ2v) is 16.1. The van der Waals surface area contributed by atoms with Crippen molar-refractivity contribution in [1.82, 2.24) is 0 Å². The predicted octanol–water partition coefficient (Wildman–Crippen LogP) is 15.5. The van der Waals surface area contributed by atoms with Crippen LogP contribution in [0.1, 0.15) is 0 Å². The maximum Gasteiger partial charge on any atom is 0.0540 e. The number of thiophene rings is 2. The molecule has 0 unspecified atom stereocenters. The fourth-order valence-corrected chi connectivity index (χ4v) is 11.5. The number of hydrogen-bond donors (Lipinski definition) is 0.